The van der Waals surface area contributed by atoms with Gasteiger partial charge in [-0.05, 0) is 50.0 Å². The van der Waals surface area contributed by atoms with Gasteiger partial charge in [0.15, 0.2) is 0 Å². The second-order valence-electron chi connectivity index (χ2n) is 5.59. The van der Waals surface area contributed by atoms with Crippen LogP contribution in [0.3, 0.4) is 0 Å². The molecule has 0 amide bonds. The molecule has 2 N–H and O–H groups in total. The summed E-state index contributed by atoms with van der Waals surface area (Å²) in [6.45, 7) is 3.27. The van der Waals surface area contributed by atoms with Crippen molar-refractivity contribution in [2.45, 2.75) is 45.2 Å². The number of H-pyrrole nitrogens is 1. The Bertz CT molecular complexity index is 333. The summed E-state index contributed by atoms with van der Waals surface area (Å²) in [5.74, 6) is 2.97. The first-order chi connectivity index (χ1) is 7.83. The maximum Gasteiger partial charge on any atom is 0.0490 e. The number of hydrogen-bond acceptors (Lipinski definition) is 2. The van der Waals surface area contributed by atoms with Crippen LogP contribution in [0.4, 0.5) is 0 Å². The Morgan fingerprint density at radius 2 is 2.44 bits per heavy atom. The van der Waals surface area contributed by atoms with Crippen LogP contribution in [-0.2, 0) is 6.54 Å². The Balaban J connectivity index is 1.52. The maximum absolute atomic E-state index is 3.97. The van der Waals surface area contributed by atoms with E-state index in [9.17, 15) is 0 Å². The molecule has 3 heteroatoms. The van der Waals surface area contributed by atoms with E-state index in [1.807, 2.05) is 12.3 Å². The molecule has 2 aliphatic carbocycles. The molecular formula is C13H21N3. The quantitative estimate of drug-likeness (QED) is 0.816. The van der Waals surface area contributed by atoms with E-state index in [0.717, 1.165) is 24.3 Å². The zero-order valence-corrected chi connectivity index (χ0v) is 9.95. The molecule has 1 aromatic heterocycles. The Hall–Kier alpha value is -0.830. The van der Waals surface area contributed by atoms with Gasteiger partial charge in [-0.25, -0.2) is 0 Å². The van der Waals surface area contributed by atoms with Crippen molar-refractivity contribution < 1.29 is 0 Å². The van der Waals surface area contributed by atoms with E-state index in [1.165, 1.54) is 31.4 Å². The molecule has 2 saturated carbocycles. The molecule has 2 fully saturated rings. The van der Waals surface area contributed by atoms with Crippen molar-refractivity contribution in [3.63, 3.8) is 0 Å². The highest BCUT2D eigenvalue weighted by atomic mass is 15.1. The summed E-state index contributed by atoms with van der Waals surface area (Å²) in [4.78, 5) is 0. The molecule has 0 aliphatic heterocycles. The zero-order valence-electron chi connectivity index (χ0n) is 9.95. The summed E-state index contributed by atoms with van der Waals surface area (Å²) in [6.07, 6.45) is 7.75. The SMILES string of the molecule is C[C@@H](NCc1ccn[nH]1)[C@@H]1C[C@H]2CC[C@H]1C2. The third-order valence-corrected chi connectivity index (χ3v) is 4.61. The van der Waals surface area contributed by atoms with Gasteiger partial charge in [0.2, 0.25) is 0 Å². The lowest BCUT2D eigenvalue weighted by atomic mass is 9.84. The summed E-state index contributed by atoms with van der Waals surface area (Å²) in [6, 6.07) is 2.69. The lowest BCUT2D eigenvalue weighted by Gasteiger charge is -2.28. The minimum Gasteiger partial charge on any atom is -0.308 e. The molecule has 0 saturated heterocycles. The van der Waals surface area contributed by atoms with Crippen LogP contribution in [0.1, 0.15) is 38.3 Å². The van der Waals surface area contributed by atoms with Crippen LogP contribution in [0.15, 0.2) is 12.3 Å². The first-order valence-corrected chi connectivity index (χ1v) is 6.54. The first-order valence-electron chi connectivity index (χ1n) is 6.54. The Morgan fingerprint density at radius 1 is 1.50 bits per heavy atom. The summed E-state index contributed by atoms with van der Waals surface area (Å²) >= 11 is 0. The topological polar surface area (TPSA) is 40.7 Å². The van der Waals surface area contributed by atoms with E-state index in [1.54, 1.807) is 0 Å². The van der Waals surface area contributed by atoms with Gasteiger partial charge in [-0.2, -0.15) is 5.10 Å². The van der Waals surface area contributed by atoms with E-state index in [0.29, 0.717) is 6.04 Å². The van der Waals surface area contributed by atoms with E-state index < -0.39 is 0 Å². The standard InChI is InChI=1S/C13H21N3/c1-9(14-8-12-4-5-15-16-12)13-7-10-2-3-11(13)6-10/h4-5,9-11,13-14H,2-3,6-8H2,1H3,(H,15,16)/t9-,10+,11+,13+/m1/s1. The van der Waals surface area contributed by atoms with Gasteiger partial charge < -0.3 is 5.32 Å². The second-order valence-corrected chi connectivity index (χ2v) is 5.59. The molecule has 88 valence electrons. The number of aromatic amines is 1. The minimum atomic E-state index is 0.651. The molecule has 2 bridgehead atoms. The fourth-order valence-corrected chi connectivity index (χ4v) is 3.71. The minimum absolute atomic E-state index is 0.651. The molecule has 1 heterocycles. The summed E-state index contributed by atoms with van der Waals surface area (Å²) < 4.78 is 0. The van der Waals surface area contributed by atoms with Crippen molar-refractivity contribution in [3.05, 3.63) is 18.0 Å². The first kappa shape index (κ1) is 10.3. The Labute approximate surface area is 97.0 Å². The summed E-state index contributed by atoms with van der Waals surface area (Å²) in [7, 11) is 0. The van der Waals surface area contributed by atoms with Crippen LogP contribution >= 0.6 is 0 Å². The van der Waals surface area contributed by atoms with Crippen molar-refractivity contribution in [2.24, 2.45) is 17.8 Å². The number of aromatic nitrogens is 2. The van der Waals surface area contributed by atoms with Crippen molar-refractivity contribution in [1.82, 2.24) is 15.5 Å². The molecule has 3 rings (SSSR count). The molecule has 0 unspecified atom stereocenters. The molecule has 3 nitrogen and oxygen atoms in total. The lowest BCUT2D eigenvalue weighted by Crippen LogP contribution is -2.35. The van der Waals surface area contributed by atoms with E-state index in [-0.39, 0.29) is 0 Å². The largest absolute Gasteiger partial charge is 0.308 e. The summed E-state index contributed by atoms with van der Waals surface area (Å²) in [5.41, 5.74) is 1.19. The third-order valence-electron chi connectivity index (χ3n) is 4.61. The highest BCUT2D eigenvalue weighted by molar-refractivity contribution is 4.99. The van der Waals surface area contributed by atoms with Gasteiger partial charge in [-0.15, -0.1) is 0 Å². The van der Waals surface area contributed by atoms with E-state index >= 15 is 0 Å². The molecule has 0 radical (unpaired) electrons. The molecule has 0 spiro atoms. The Kier molecular flexibility index (Phi) is 2.72. The normalized spacial score (nSPS) is 34.4. The number of fused-ring (bicyclic) bond motifs is 2. The van der Waals surface area contributed by atoms with Crippen LogP contribution in [0, 0.1) is 17.8 Å². The number of nitrogens with zero attached hydrogens (tertiary/aromatic N) is 1. The predicted octanol–water partition coefficient (Wildman–Crippen LogP) is 2.32. The molecule has 0 aromatic carbocycles. The van der Waals surface area contributed by atoms with Crippen LogP contribution < -0.4 is 5.32 Å². The number of rotatable bonds is 4. The van der Waals surface area contributed by atoms with Gasteiger partial charge in [0.05, 0.1) is 0 Å². The van der Waals surface area contributed by atoms with Crippen molar-refractivity contribution in [1.29, 1.82) is 0 Å². The highest BCUT2D eigenvalue weighted by Gasteiger charge is 2.41. The van der Waals surface area contributed by atoms with E-state index in [4.69, 9.17) is 0 Å². The van der Waals surface area contributed by atoms with Gasteiger partial charge in [-0.3, -0.25) is 5.10 Å². The van der Waals surface area contributed by atoms with Crippen LogP contribution in [0.25, 0.3) is 0 Å². The molecule has 16 heavy (non-hydrogen) atoms. The molecule has 1 aromatic rings. The number of hydrogen-bond donors (Lipinski definition) is 2. The molecule has 4 atom stereocenters. The highest BCUT2D eigenvalue weighted by Crippen LogP contribution is 2.49. The van der Waals surface area contributed by atoms with E-state index in [2.05, 4.69) is 22.4 Å². The van der Waals surface area contributed by atoms with Crippen LogP contribution in [0.5, 0.6) is 0 Å². The van der Waals surface area contributed by atoms with Crippen molar-refractivity contribution in [3.8, 4) is 0 Å². The predicted molar refractivity (Wildman–Crippen MR) is 63.8 cm³/mol. The third kappa shape index (κ3) is 1.88. The van der Waals surface area contributed by atoms with Gasteiger partial charge in [-0.1, -0.05) is 6.42 Å². The molecule has 2 aliphatic rings. The summed E-state index contributed by atoms with van der Waals surface area (Å²) in [5, 5.41) is 10.6. The number of nitrogens with one attached hydrogen (secondary N) is 2. The Morgan fingerprint density at radius 3 is 3.06 bits per heavy atom. The van der Waals surface area contributed by atoms with Crippen molar-refractivity contribution in [2.75, 3.05) is 0 Å². The van der Waals surface area contributed by atoms with Gasteiger partial charge >= 0.3 is 0 Å². The van der Waals surface area contributed by atoms with Gasteiger partial charge in [0, 0.05) is 24.5 Å². The fourth-order valence-electron chi connectivity index (χ4n) is 3.71. The van der Waals surface area contributed by atoms with Crippen molar-refractivity contribution >= 4 is 0 Å². The van der Waals surface area contributed by atoms with Gasteiger partial charge in [0.25, 0.3) is 0 Å². The maximum atomic E-state index is 3.97. The van der Waals surface area contributed by atoms with Gasteiger partial charge in [0.1, 0.15) is 0 Å². The molecular weight excluding hydrogens is 198 g/mol. The van der Waals surface area contributed by atoms with Crippen LogP contribution in [-0.4, -0.2) is 16.2 Å². The average Bonchev–Trinajstić information content (AvgIpc) is 3.01. The second kappa shape index (κ2) is 4.21. The van der Waals surface area contributed by atoms with Crippen LogP contribution in [0.2, 0.25) is 0 Å². The zero-order chi connectivity index (χ0) is 11.0. The average molecular weight is 219 g/mol. The smallest absolute Gasteiger partial charge is 0.0490 e. The fraction of sp³-hybridized carbons (Fsp3) is 0.769. The monoisotopic (exact) mass is 219 g/mol. The lowest BCUT2D eigenvalue weighted by molar-refractivity contribution is 0.259.